The van der Waals surface area contributed by atoms with E-state index in [1.807, 2.05) is 24.5 Å². The van der Waals surface area contributed by atoms with Crippen LogP contribution in [0.1, 0.15) is 37.7 Å². The van der Waals surface area contributed by atoms with Crippen LogP contribution in [0.3, 0.4) is 0 Å². The minimum atomic E-state index is -0.673. The number of pyridine rings is 1. The van der Waals surface area contributed by atoms with Gasteiger partial charge in [0.25, 0.3) is 0 Å². The van der Waals surface area contributed by atoms with Crippen molar-refractivity contribution in [3.05, 3.63) is 71.6 Å². The van der Waals surface area contributed by atoms with Crippen LogP contribution < -0.4 is 4.90 Å². The smallest absolute Gasteiger partial charge is 0.415 e. The lowest BCUT2D eigenvalue weighted by molar-refractivity contribution is 0.0577. The Bertz CT molecular complexity index is 1130. The second-order valence-electron chi connectivity index (χ2n) is 8.11. The summed E-state index contributed by atoms with van der Waals surface area (Å²) in [6, 6.07) is 7.69. The molecule has 2 aromatic heterocycles. The fourth-order valence-electron chi connectivity index (χ4n) is 3.33. The molecule has 2 heterocycles. The van der Waals surface area contributed by atoms with Crippen molar-refractivity contribution in [2.75, 3.05) is 4.90 Å². The number of halogens is 1. The minimum absolute atomic E-state index is 0.158. The van der Waals surface area contributed by atoms with Gasteiger partial charge < -0.3 is 9.30 Å². The third-order valence-corrected chi connectivity index (χ3v) is 4.83. The maximum atomic E-state index is 13.5. The molecule has 0 N–H and O–H groups in total. The molecule has 0 aliphatic heterocycles. The number of aromatic nitrogens is 2. The molecule has 30 heavy (non-hydrogen) atoms. The highest BCUT2D eigenvalue weighted by Gasteiger charge is 2.26. The first kappa shape index (κ1) is 21.3. The van der Waals surface area contributed by atoms with Gasteiger partial charge in [-0.15, -0.1) is 5.73 Å². The van der Waals surface area contributed by atoms with E-state index in [0.717, 1.165) is 22.2 Å². The van der Waals surface area contributed by atoms with Crippen LogP contribution in [0.2, 0.25) is 0 Å². The lowest BCUT2D eigenvalue weighted by Gasteiger charge is -2.27. The van der Waals surface area contributed by atoms with Gasteiger partial charge in [0, 0.05) is 23.0 Å². The van der Waals surface area contributed by atoms with Gasteiger partial charge in [0.1, 0.15) is 11.4 Å². The van der Waals surface area contributed by atoms with E-state index in [2.05, 4.69) is 17.3 Å². The number of hydrogen-bond acceptors (Lipinski definition) is 3. The molecule has 0 fully saturated rings. The molecule has 1 amide bonds. The summed E-state index contributed by atoms with van der Waals surface area (Å²) in [6.45, 7) is 13.3. The molecule has 0 spiro atoms. The average molecular weight is 407 g/mol. The SMILES string of the molecule is C=C=Cn1c(C)c(C)c2ccnc(CN(C(=O)OC(C)(C)C)c3ccc(F)cc3)c21. The zero-order valence-electron chi connectivity index (χ0n) is 18.0. The predicted molar refractivity (Wildman–Crippen MR) is 118 cm³/mol. The lowest BCUT2D eigenvalue weighted by atomic mass is 10.1. The van der Waals surface area contributed by atoms with Gasteiger partial charge in [-0.05, 0) is 70.5 Å². The maximum Gasteiger partial charge on any atom is 0.415 e. The zero-order chi connectivity index (χ0) is 22.1. The van der Waals surface area contributed by atoms with Gasteiger partial charge in [-0.1, -0.05) is 6.58 Å². The molecule has 0 atom stereocenters. The van der Waals surface area contributed by atoms with Crippen molar-refractivity contribution in [2.24, 2.45) is 0 Å². The van der Waals surface area contributed by atoms with E-state index in [4.69, 9.17) is 4.74 Å². The summed E-state index contributed by atoms with van der Waals surface area (Å²) < 4.78 is 21.0. The number of anilines is 1. The van der Waals surface area contributed by atoms with Crippen LogP contribution in [-0.2, 0) is 11.3 Å². The van der Waals surface area contributed by atoms with E-state index in [1.54, 1.807) is 45.3 Å². The number of aryl methyl sites for hydroxylation is 1. The van der Waals surface area contributed by atoms with Crippen LogP contribution >= 0.6 is 0 Å². The number of fused-ring (bicyclic) bond motifs is 1. The van der Waals surface area contributed by atoms with Gasteiger partial charge in [-0.25, -0.2) is 9.18 Å². The Labute approximate surface area is 176 Å². The van der Waals surface area contributed by atoms with Crippen LogP contribution in [-0.4, -0.2) is 21.2 Å². The van der Waals surface area contributed by atoms with Crippen molar-refractivity contribution in [1.82, 2.24) is 9.55 Å². The van der Waals surface area contributed by atoms with Crippen molar-refractivity contribution >= 4 is 28.9 Å². The third-order valence-electron chi connectivity index (χ3n) is 4.83. The molecule has 0 unspecified atom stereocenters. The monoisotopic (exact) mass is 407 g/mol. The topological polar surface area (TPSA) is 47.4 Å². The average Bonchev–Trinajstić information content (AvgIpc) is 2.91. The molecule has 0 saturated carbocycles. The fourth-order valence-corrected chi connectivity index (χ4v) is 3.33. The summed E-state index contributed by atoms with van der Waals surface area (Å²) in [6.07, 6.45) is 2.95. The Morgan fingerprint density at radius 2 is 1.93 bits per heavy atom. The molecule has 0 aliphatic rings. The highest BCUT2D eigenvalue weighted by molar-refractivity contribution is 5.91. The summed E-state index contributed by atoms with van der Waals surface area (Å²) in [5, 5.41) is 1.03. The molecular formula is C24H26FN3O2. The van der Waals surface area contributed by atoms with Crippen LogP contribution in [0.25, 0.3) is 17.1 Å². The van der Waals surface area contributed by atoms with Crippen LogP contribution in [0, 0.1) is 19.7 Å². The van der Waals surface area contributed by atoms with E-state index < -0.39 is 11.7 Å². The molecule has 156 valence electrons. The van der Waals surface area contributed by atoms with E-state index in [0.29, 0.717) is 11.4 Å². The van der Waals surface area contributed by atoms with E-state index in [9.17, 15) is 9.18 Å². The second kappa shape index (κ2) is 8.17. The third kappa shape index (κ3) is 4.29. The van der Waals surface area contributed by atoms with Crippen molar-refractivity contribution in [1.29, 1.82) is 0 Å². The summed E-state index contributed by atoms with van der Waals surface area (Å²) in [7, 11) is 0. The lowest BCUT2D eigenvalue weighted by Crippen LogP contribution is -2.36. The van der Waals surface area contributed by atoms with Gasteiger partial charge in [0.15, 0.2) is 0 Å². The Morgan fingerprint density at radius 3 is 2.53 bits per heavy atom. The van der Waals surface area contributed by atoms with Gasteiger partial charge in [-0.3, -0.25) is 9.88 Å². The highest BCUT2D eigenvalue weighted by Crippen LogP contribution is 2.29. The normalized spacial score (nSPS) is 11.3. The number of ether oxygens (including phenoxy) is 1. The second-order valence-corrected chi connectivity index (χ2v) is 8.11. The van der Waals surface area contributed by atoms with Crippen molar-refractivity contribution < 1.29 is 13.9 Å². The Hall–Kier alpha value is -3.37. The van der Waals surface area contributed by atoms with Crippen LogP contribution in [0.15, 0.2) is 48.8 Å². The number of hydrogen-bond donors (Lipinski definition) is 0. The highest BCUT2D eigenvalue weighted by atomic mass is 19.1. The molecule has 3 rings (SSSR count). The summed E-state index contributed by atoms with van der Waals surface area (Å²) >= 11 is 0. The molecule has 1 aromatic carbocycles. The van der Waals surface area contributed by atoms with Gasteiger partial charge in [0.2, 0.25) is 0 Å². The molecule has 0 aliphatic carbocycles. The van der Waals surface area contributed by atoms with Gasteiger partial charge >= 0.3 is 6.09 Å². The van der Waals surface area contributed by atoms with Gasteiger partial charge in [-0.2, -0.15) is 0 Å². The number of carbonyl (C=O) groups is 1. The molecule has 5 nitrogen and oxygen atoms in total. The van der Waals surface area contributed by atoms with Crippen LogP contribution in [0.5, 0.6) is 0 Å². The summed E-state index contributed by atoms with van der Waals surface area (Å²) in [5.41, 5.74) is 6.39. The fraction of sp³-hybridized carbons (Fsp3) is 0.292. The first-order valence-corrected chi connectivity index (χ1v) is 9.69. The van der Waals surface area contributed by atoms with Gasteiger partial charge in [0.05, 0.1) is 24.0 Å². The van der Waals surface area contributed by atoms with Crippen molar-refractivity contribution in [3.8, 4) is 0 Å². The first-order chi connectivity index (χ1) is 14.1. The largest absolute Gasteiger partial charge is 0.443 e. The van der Waals surface area contributed by atoms with Crippen molar-refractivity contribution in [2.45, 2.75) is 46.8 Å². The molecule has 0 radical (unpaired) electrons. The van der Waals surface area contributed by atoms with E-state index in [1.165, 1.54) is 17.0 Å². The summed E-state index contributed by atoms with van der Waals surface area (Å²) in [4.78, 5) is 19.0. The van der Waals surface area contributed by atoms with Crippen molar-refractivity contribution in [3.63, 3.8) is 0 Å². The summed E-state index contributed by atoms with van der Waals surface area (Å²) in [5.74, 6) is -0.376. The number of nitrogens with zero attached hydrogens (tertiary/aromatic N) is 3. The number of rotatable bonds is 4. The quantitative estimate of drug-likeness (QED) is 0.499. The van der Waals surface area contributed by atoms with E-state index in [-0.39, 0.29) is 12.4 Å². The van der Waals surface area contributed by atoms with E-state index >= 15 is 0 Å². The van der Waals surface area contributed by atoms with Crippen LogP contribution in [0.4, 0.5) is 14.9 Å². The molecule has 6 heteroatoms. The molecule has 3 aromatic rings. The zero-order valence-corrected chi connectivity index (χ0v) is 18.0. The standard InChI is InChI=1S/C24H26FN3O2/c1-7-14-27-17(3)16(2)20-12-13-26-21(22(20)27)15-28(23(29)30-24(4,5)6)19-10-8-18(25)9-11-19/h8-14H,1,15H2,2-6H3. The Balaban J connectivity index is 2.14. The maximum absolute atomic E-state index is 13.5. The predicted octanol–water partition coefficient (Wildman–Crippen LogP) is 5.99. The number of benzene rings is 1. The minimum Gasteiger partial charge on any atom is -0.443 e. The Morgan fingerprint density at radius 1 is 1.27 bits per heavy atom. The number of carbonyl (C=O) groups excluding carboxylic acids is 1. The molecule has 0 bridgehead atoms. The number of amides is 1. The Kier molecular flexibility index (Phi) is 5.81. The molecular weight excluding hydrogens is 381 g/mol. The first-order valence-electron chi connectivity index (χ1n) is 9.69. The molecule has 0 saturated heterocycles.